The third-order valence-electron chi connectivity index (χ3n) is 0.972. The Morgan fingerprint density at radius 2 is 2.00 bits per heavy atom. The van der Waals surface area contributed by atoms with Crippen molar-refractivity contribution in [1.82, 2.24) is 0 Å². The van der Waals surface area contributed by atoms with E-state index < -0.39 is 5.51 Å². The molecule has 0 aliphatic rings. The molecule has 0 atom stereocenters. The zero-order valence-corrected chi connectivity index (χ0v) is 7.22. The number of rotatable bonds is 1. The lowest BCUT2D eigenvalue weighted by molar-refractivity contribution is -0.0328. The maximum absolute atomic E-state index is 11.8. The maximum Gasteiger partial charge on any atom is 0.446 e. The highest BCUT2D eigenvalue weighted by atomic mass is 35.5. The van der Waals surface area contributed by atoms with E-state index in [1.165, 1.54) is 18.2 Å². The third-order valence-corrected chi connectivity index (χ3v) is 1.91. The summed E-state index contributed by atoms with van der Waals surface area (Å²) in [4.78, 5) is 0.0203. The summed E-state index contributed by atoms with van der Waals surface area (Å²) in [6.07, 6.45) is 0. The van der Waals surface area contributed by atoms with Gasteiger partial charge >= 0.3 is 5.51 Å². The minimum absolute atomic E-state index is 0.0203. The van der Waals surface area contributed by atoms with Gasteiger partial charge in [-0.1, -0.05) is 11.6 Å². The quantitative estimate of drug-likeness (QED) is 0.638. The first-order valence-corrected chi connectivity index (χ1v) is 4.10. The molecule has 0 unspecified atom stereocenters. The molecule has 0 nitrogen and oxygen atoms in total. The molecule has 0 N–H and O–H groups in total. The van der Waals surface area contributed by atoms with E-state index in [4.69, 9.17) is 11.6 Å². The van der Waals surface area contributed by atoms with Crippen molar-refractivity contribution in [3.05, 3.63) is 29.3 Å². The second kappa shape index (κ2) is 3.58. The smallest absolute Gasteiger partial charge is 0.160 e. The molecule has 0 spiro atoms. The van der Waals surface area contributed by atoms with Crippen molar-refractivity contribution < 1.29 is 13.2 Å². The Morgan fingerprint density at radius 3 is 2.42 bits per heavy atom. The van der Waals surface area contributed by atoms with Crippen LogP contribution in [0.5, 0.6) is 0 Å². The second-order valence-electron chi connectivity index (χ2n) is 1.92. The zero-order valence-electron chi connectivity index (χ0n) is 5.65. The molecule has 5 heteroatoms. The number of benzene rings is 1. The highest BCUT2D eigenvalue weighted by Crippen LogP contribution is 2.36. The van der Waals surface area contributed by atoms with Gasteiger partial charge in [0.15, 0.2) is 0 Å². The van der Waals surface area contributed by atoms with Crippen LogP contribution in [0.2, 0.25) is 5.02 Å². The predicted molar refractivity (Wildman–Crippen MR) is 42.2 cm³/mol. The molecule has 0 bridgehead atoms. The van der Waals surface area contributed by atoms with Crippen LogP contribution < -0.4 is 0 Å². The van der Waals surface area contributed by atoms with Crippen molar-refractivity contribution in [3.8, 4) is 0 Å². The van der Waals surface area contributed by atoms with E-state index in [-0.39, 0.29) is 16.7 Å². The molecule has 65 valence electrons. The van der Waals surface area contributed by atoms with Gasteiger partial charge < -0.3 is 0 Å². The molecule has 0 amide bonds. The zero-order chi connectivity index (χ0) is 9.19. The Balaban J connectivity index is 2.71. The van der Waals surface area contributed by atoms with Crippen molar-refractivity contribution in [2.45, 2.75) is 10.4 Å². The van der Waals surface area contributed by atoms with Gasteiger partial charge in [0.1, 0.15) is 0 Å². The molecule has 0 heterocycles. The van der Waals surface area contributed by atoms with Crippen LogP contribution >= 0.6 is 23.4 Å². The van der Waals surface area contributed by atoms with Crippen molar-refractivity contribution in [2.24, 2.45) is 0 Å². The van der Waals surface area contributed by atoms with Crippen molar-refractivity contribution in [1.29, 1.82) is 0 Å². The van der Waals surface area contributed by atoms with Gasteiger partial charge in [-0.05, 0) is 36.0 Å². The van der Waals surface area contributed by atoms with E-state index in [1.54, 1.807) is 0 Å². The fraction of sp³-hybridized carbons (Fsp3) is 0.143. The second-order valence-corrected chi connectivity index (χ2v) is 3.46. The van der Waals surface area contributed by atoms with E-state index in [0.29, 0.717) is 5.02 Å². The minimum Gasteiger partial charge on any atom is -0.160 e. The van der Waals surface area contributed by atoms with Crippen LogP contribution in [-0.2, 0) is 0 Å². The molecule has 0 aromatic heterocycles. The van der Waals surface area contributed by atoms with Gasteiger partial charge in [0.25, 0.3) is 0 Å². The van der Waals surface area contributed by atoms with E-state index in [2.05, 4.69) is 6.07 Å². The van der Waals surface area contributed by atoms with Crippen molar-refractivity contribution in [2.75, 3.05) is 0 Å². The molecule has 0 fully saturated rings. The van der Waals surface area contributed by atoms with Gasteiger partial charge in [-0.25, -0.2) is 0 Å². The van der Waals surface area contributed by atoms with Gasteiger partial charge in [0.05, 0.1) is 0 Å². The summed E-state index contributed by atoms with van der Waals surface area (Å²) < 4.78 is 35.3. The van der Waals surface area contributed by atoms with Gasteiger partial charge in [-0.2, -0.15) is 13.2 Å². The molecule has 0 saturated heterocycles. The topological polar surface area (TPSA) is 0 Å². The number of halogens is 4. The first-order valence-electron chi connectivity index (χ1n) is 2.90. The Morgan fingerprint density at radius 1 is 1.33 bits per heavy atom. The average Bonchev–Trinajstić information content (AvgIpc) is 1.91. The molecule has 1 aromatic carbocycles. The molecule has 0 aliphatic heterocycles. The Kier molecular flexibility index (Phi) is 2.90. The van der Waals surface area contributed by atoms with Crippen LogP contribution in [0.4, 0.5) is 13.2 Å². The average molecular weight is 212 g/mol. The minimum atomic E-state index is -4.26. The molecule has 1 radical (unpaired) electrons. The Bertz CT molecular complexity index is 254. The SMILES string of the molecule is FC(F)(F)Sc1[c]cc(Cl)cc1. The molecule has 0 saturated carbocycles. The summed E-state index contributed by atoms with van der Waals surface area (Å²) in [5.74, 6) is 0. The predicted octanol–water partition coefficient (Wildman–Crippen LogP) is 3.75. The lowest BCUT2D eigenvalue weighted by atomic mass is 10.4. The van der Waals surface area contributed by atoms with Crippen molar-refractivity contribution >= 4 is 23.4 Å². The number of hydrogen-bond donors (Lipinski definition) is 0. The fourth-order valence-corrected chi connectivity index (χ4v) is 1.20. The number of thioether (sulfide) groups is 1. The largest absolute Gasteiger partial charge is 0.446 e. The van der Waals surface area contributed by atoms with E-state index in [1.807, 2.05) is 0 Å². The van der Waals surface area contributed by atoms with E-state index in [0.717, 1.165) is 0 Å². The van der Waals surface area contributed by atoms with Crippen LogP contribution in [0.1, 0.15) is 0 Å². The standard InChI is InChI=1S/C7H3ClF3S/c8-5-1-3-6(4-2-5)12-7(9,10)11/h1-3H. The molecule has 12 heavy (non-hydrogen) atoms. The first kappa shape index (κ1) is 9.74. The molecule has 0 aliphatic carbocycles. The lowest BCUT2D eigenvalue weighted by Gasteiger charge is -2.03. The lowest BCUT2D eigenvalue weighted by Crippen LogP contribution is -1.98. The summed E-state index contributed by atoms with van der Waals surface area (Å²) >= 11 is 5.26. The number of hydrogen-bond acceptors (Lipinski definition) is 1. The molecular weight excluding hydrogens is 209 g/mol. The first-order chi connectivity index (χ1) is 5.47. The summed E-state index contributed by atoms with van der Waals surface area (Å²) in [5, 5.41) is 0.376. The summed E-state index contributed by atoms with van der Waals surface area (Å²) in [6, 6.07) is 6.38. The molecule has 1 rings (SSSR count). The fourth-order valence-electron chi connectivity index (χ4n) is 0.580. The summed E-state index contributed by atoms with van der Waals surface area (Å²) in [6.45, 7) is 0. The van der Waals surface area contributed by atoms with Crippen LogP contribution in [0, 0.1) is 6.07 Å². The van der Waals surface area contributed by atoms with Gasteiger partial charge in [0, 0.05) is 9.92 Å². The Hall–Kier alpha value is -0.350. The highest BCUT2D eigenvalue weighted by molar-refractivity contribution is 8.00. The van der Waals surface area contributed by atoms with E-state index in [9.17, 15) is 13.2 Å². The monoisotopic (exact) mass is 211 g/mol. The van der Waals surface area contributed by atoms with Crippen LogP contribution in [0.15, 0.2) is 23.1 Å². The maximum atomic E-state index is 11.8. The number of alkyl halides is 3. The van der Waals surface area contributed by atoms with Gasteiger partial charge in [-0.3, -0.25) is 0 Å². The summed E-state index contributed by atoms with van der Waals surface area (Å²) in [7, 11) is 0. The van der Waals surface area contributed by atoms with E-state index >= 15 is 0 Å². The van der Waals surface area contributed by atoms with Crippen LogP contribution in [0.25, 0.3) is 0 Å². The summed E-state index contributed by atoms with van der Waals surface area (Å²) in [5.41, 5.74) is -4.26. The van der Waals surface area contributed by atoms with Gasteiger partial charge in [-0.15, -0.1) is 0 Å². The van der Waals surface area contributed by atoms with Gasteiger partial charge in [0.2, 0.25) is 0 Å². The van der Waals surface area contributed by atoms with Crippen LogP contribution in [0.3, 0.4) is 0 Å². The Labute approximate surface area is 76.7 Å². The van der Waals surface area contributed by atoms with Crippen LogP contribution in [-0.4, -0.2) is 5.51 Å². The normalized spacial score (nSPS) is 11.7. The van der Waals surface area contributed by atoms with Crippen molar-refractivity contribution in [3.63, 3.8) is 0 Å². The highest BCUT2D eigenvalue weighted by Gasteiger charge is 2.29. The third kappa shape index (κ3) is 3.36. The molecular formula is C7H3ClF3S. The molecule has 1 aromatic rings.